The van der Waals surface area contributed by atoms with Crippen molar-refractivity contribution in [3.05, 3.63) is 22.4 Å². The quantitative estimate of drug-likeness (QED) is 0.709. The molecule has 56 valence electrons. The minimum Gasteiger partial charge on any atom is -0.396 e. The van der Waals surface area contributed by atoms with Gasteiger partial charge in [0.1, 0.15) is 0 Å². The molecule has 1 rings (SSSR count). The monoisotopic (exact) mass is 156 g/mol. The van der Waals surface area contributed by atoms with Crippen LogP contribution in [0.4, 0.5) is 0 Å². The third kappa shape index (κ3) is 2.12. The molecule has 0 aliphatic heterocycles. The van der Waals surface area contributed by atoms with E-state index >= 15 is 0 Å². The highest BCUT2D eigenvalue weighted by molar-refractivity contribution is 7.09. The first-order valence-corrected chi connectivity index (χ1v) is 4.34. The van der Waals surface area contributed by atoms with Crippen molar-refractivity contribution in [2.45, 2.75) is 13.3 Å². The standard InChI is InChI=1S/C8H12OS/c1-7(6-9)5-8-3-2-4-10-8/h2-4,7,9H,5-6H2,1H3/t7-/m1/s1. The molecule has 1 atom stereocenters. The molecule has 1 heterocycles. The summed E-state index contributed by atoms with van der Waals surface area (Å²) < 4.78 is 0. The van der Waals surface area contributed by atoms with Crippen LogP contribution in [0.5, 0.6) is 0 Å². The lowest BCUT2D eigenvalue weighted by Gasteiger charge is -2.03. The molecule has 0 spiro atoms. The zero-order valence-electron chi connectivity index (χ0n) is 6.08. The predicted molar refractivity (Wildman–Crippen MR) is 44.3 cm³/mol. The minimum absolute atomic E-state index is 0.290. The van der Waals surface area contributed by atoms with Crippen LogP contribution >= 0.6 is 11.3 Å². The molecule has 1 N–H and O–H groups in total. The van der Waals surface area contributed by atoms with E-state index in [2.05, 4.69) is 18.4 Å². The normalized spacial score (nSPS) is 13.4. The number of hydrogen-bond donors (Lipinski definition) is 1. The van der Waals surface area contributed by atoms with Gasteiger partial charge in [0, 0.05) is 11.5 Å². The van der Waals surface area contributed by atoms with Crippen molar-refractivity contribution in [2.24, 2.45) is 5.92 Å². The van der Waals surface area contributed by atoms with E-state index in [0.717, 1.165) is 6.42 Å². The average Bonchev–Trinajstić information content (AvgIpc) is 2.40. The number of rotatable bonds is 3. The minimum atomic E-state index is 0.290. The van der Waals surface area contributed by atoms with Crippen molar-refractivity contribution in [3.63, 3.8) is 0 Å². The van der Waals surface area contributed by atoms with Gasteiger partial charge in [-0.2, -0.15) is 0 Å². The van der Waals surface area contributed by atoms with Gasteiger partial charge >= 0.3 is 0 Å². The number of thiophene rings is 1. The van der Waals surface area contributed by atoms with Crippen molar-refractivity contribution < 1.29 is 5.11 Å². The van der Waals surface area contributed by atoms with E-state index in [9.17, 15) is 0 Å². The third-order valence-electron chi connectivity index (χ3n) is 1.44. The molecular weight excluding hydrogens is 144 g/mol. The van der Waals surface area contributed by atoms with E-state index in [4.69, 9.17) is 5.11 Å². The van der Waals surface area contributed by atoms with Crippen molar-refractivity contribution in [2.75, 3.05) is 6.61 Å². The lowest BCUT2D eigenvalue weighted by molar-refractivity contribution is 0.237. The van der Waals surface area contributed by atoms with Gasteiger partial charge in [-0.1, -0.05) is 13.0 Å². The van der Waals surface area contributed by atoms with Crippen LogP contribution in [0.25, 0.3) is 0 Å². The molecule has 0 saturated carbocycles. The molecular formula is C8H12OS. The summed E-state index contributed by atoms with van der Waals surface area (Å²) >= 11 is 1.76. The van der Waals surface area contributed by atoms with Gasteiger partial charge in [-0.25, -0.2) is 0 Å². The van der Waals surface area contributed by atoms with Gasteiger partial charge in [-0.15, -0.1) is 11.3 Å². The Kier molecular flexibility index (Phi) is 2.90. The zero-order chi connectivity index (χ0) is 7.40. The molecule has 0 aromatic carbocycles. The molecule has 0 amide bonds. The maximum Gasteiger partial charge on any atom is 0.0460 e. The summed E-state index contributed by atoms with van der Waals surface area (Å²) in [5, 5.41) is 10.8. The van der Waals surface area contributed by atoms with Gasteiger partial charge in [-0.3, -0.25) is 0 Å². The molecule has 0 unspecified atom stereocenters. The fourth-order valence-corrected chi connectivity index (χ4v) is 1.71. The van der Waals surface area contributed by atoms with Gasteiger partial charge in [0.05, 0.1) is 0 Å². The van der Waals surface area contributed by atoms with Crippen LogP contribution in [0.1, 0.15) is 11.8 Å². The Morgan fingerprint density at radius 1 is 1.70 bits per heavy atom. The summed E-state index contributed by atoms with van der Waals surface area (Å²) in [6.07, 6.45) is 1.01. The van der Waals surface area contributed by atoms with Crippen molar-refractivity contribution in [1.82, 2.24) is 0 Å². The maximum atomic E-state index is 8.74. The topological polar surface area (TPSA) is 20.2 Å². The molecule has 0 fully saturated rings. The van der Waals surface area contributed by atoms with Gasteiger partial charge in [0.15, 0.2) is 0 Å². The Balaban J connectivity index is 2.40. The molecule has 0 aliphatic rings. The fraction of sp³-hybridized carbons (Fsp3) is 0.500. The van der Waals surface area contributed by atoms with Crippen LogP contribution in [0.15, 0.2) is 17.5 Å². The molecule has 0 saturated heterocycles. The molecule has 10 heavy (non-hydrogen) atoms. The van der Waals surface area contributed by atoms with Crippen molar-refractivity contribution >= 4 is 11.3 Å². The highest BCUT2D eigenvalue weighted by atomic mass is 32.1. The Morgan fingerprint density at radius 2 is 2.50 bits per heavy atom. The summed E-state index contributed by atoms with van der Waals surface area (Å²) in [6, 6.07) is 4.15. The number of aliphatic hydroxyl groups is 1. The molecule has 1 aromatic rings. The lowest BCUT2D eigenvalue weighted by atomic mass is 10.1. The van der Waals surface area contributed by atoms with Crippen LogP contribution in [-0.4, -0.2) is 11.7 Å². The molecule has 0 bridgehead atoms. The van der Waals surface area contributed by atoms with Crippen LogP contribution in [-0.2, 0) is 6.42 Å². The van der Waals surface area contributed by atoms with Crippen molar-refractivity contribution in [3.8, 4) is 0 Å². The lowest BCUT2D eigenvalue weighted by Crippen LogP contribution is -2.02. The van der Waals surface area contributed by atoms with Gasteiger partial charge in [0.2, 0.25) is 0 Å². The number of aliphatic hydroxyl groups excluding tert-OH is 1. The SMILES string of the molecule is C[C@@H](CO)Cc1cccs1. The van der Waals surface area contributed by atoms with E-state index in [1.54, 1.807) is 11.3 Å². The van der Waals surface area contributed by atoms with Gasteiger partial charge in [-0.05, 0) is 23.8 Å². The average molecular weight is 156 g/mol. The first-order valence-electron chi connectivity index (χ1n) is 3.46. The maximum absolute atomic E-state index is 8.74. The van der Waals surface area contributed by atoms with E-state index in [1.165, 1.54) is 4.88 Å². The van der Waals surface area contributed by atoms with Crippen molar-refractivity contribution in [1.29, 1.82) is 0 Å². The Labute approximate surface area is 65.3 Å². The molecule has 2 heteroatoms. The Bertz CT molecular complexity index is 169. The van der Waals surface area contributed by atoms with E-state index < -0.39 is 0 Å². The second-order valence-electron chi connectivity index (χ2n) is 2.57. The first-order chi connectivity index (χ1) is 4.83. The highest BCUT2D eigenvalue weighted by Gasteiger charge is 2.01. The zero-order valence-corrected chi connectivity index (χ0v) is 6.90. The summed E-state index contributed by atoms with van der Waals surface area (Å²) in [4.78, 5) is 1.36. The van der Waals surface area contributed by atoms with Crippen LogP contribution in [0.2, 0.25) is 0 Å². The second-order valence-corrected chi connectivity index (χ2v) is 3.60. The third-order valence-corrected chi connectivity index (χ3v) is 2.34. The molecule has 0 radical (unpaired) electrons. The summed E-state index contributed by atoms with van der Waals surface area (Å²) in [5.41, 5.74) is 0. The van der Waals surface area contributed by atoms with Gasteiger partial charge < -0.3 is 5.11 Å². The van der Waals surface area contributed by atoms with Crippen LogP contribution < -0.4 is 0 Å². The smallest absolute Gasteiger partial charge is 0.0460 e. The first kappa shape index (κ1) is 7.76. The van der Waals surface area contributed by atoms with Gasteiger partial charge in [0.25, 0.3) is 0 Å². The highest BCUT2D eigenvalue weighted by Crippen LogP contribution is 2.13. The summed E-state index contributed by atoms with van der Waals surface area (Å²) in [5.74, 6) is 0.402. The summed E-state index contributed by atoms with van der Waals surface area (Å²) in [6.45, 7) is 2.34. The van der Waals surface area contributed by atoms with E-state index in [1.807, 2.05) is 6.07 Å². The van der Waals surface area contributed by atoms with E-state index in [0.29, 0.717) is 5.92 Å². The molecule has 1 nitrogen and oxygen atoms in total. The molecule has 1 aromatic heterocycles. The fourth-order valence-electron chi connectivity index (χ4n) is 0.837. The van der Waals surface area contributed by atoms with E-state index in [-0.39, 0.29) is 6.61 Å². The Morgan fingerprint density at radius 3 is 3.00 bits per heavy atom. The molecule has 0 aliphatic carbocycles. The predicted octanol–water partition coefficient (Wildman–Crippen LogP) is 1.92. The summed E-state index contributed by atoms with van der Waals surface area (Å²) in [7, 11) is 0. The second kappa shape index (κ2) is 3.74. The number of hydrogen-bond acceptors (Lipinski definition) is 2. The van der Waals surface area contributed by atoms with Crippen LogP contribution in [0.3, 0.4) is 0 Å². The van der Waals surface area contributed by atoms with Crippen LogP contribution in [0, 0.1) is 5.92 Å². The Hall–Kier alpha value is -0.340. The largest absolute Gasteiger partial charge is 0.396 e.